The van der Waals surface area contributed by atoms with Gasteiger partial charge in [0.05, 0.1) is 22.9 Å². The first-order valence-electron chi connectivity index (χ1n) is 11.7. The Morgan fingerprint density at radius 1 is 1.15 bits per heavy atom. The Morgan fingerprint density at radius 3 is 2.56 bits per heavy atom. The van der Waals surface area contributed by atoms with Crippen LogP contribution in [0.4, 0.5) is 0 Å². The molecule has 0 atom stereocenters. The second-order valence-electron chi connectivity index (χ2n) is 8.99. The minimum atomic E-state index is -3.56. The van der Waals surface area contributed by atoms with E-state index < -0.39 is 10.2 Å². The Hall–Kier alpha value is -2.76. The number of amides is 1. The summed E-state index contributed by atoms with van der Waals surface area (Å²) < 4.78 is 40.2. The third-order valence-corrected chi connectivity index (χ3v) is 8.97. The quantitative estimate of drug-likeness (QED) is 0.543. The number of nitrogens with zero attached hydrogens (tertiary/aromatic N) is 5. The molecule has 1 saturated heterocycles. The van der Waals surface area contributed by atoms with Gasteiger partial charge in [-0.05, 0) is 38.0 Å². The van der Waals surface area contributed by atoms with Crippen LogP contribution in [0.15, 0.2) is 33.4 Å². The molecule has 1 saturated carbocycles. The number of fused-ring (bicyclic) bond motifs is 1. The molecule has 34 heavy (non-hydrogen) atoms. The molecule has 4 heterocycles. The van der Waals surface area contributed by atoms with Crippen LogP contribution in [-0.2, 0) is 10.2 Å². The zero-order chi connectivity index (χ0) is 23.9. The summed E-state index contributed by atoms with van der Waals surface area (Å²) in [5.41, 5.74) is 1.75. The van der Waals surface area contributed by atoms with Crippen molar-refractivity contribution in [2.24, 2.45) is 0 Å². The minimum absolute atomic E-state index is 0.0557. The molecule has 0 bridgehead atoms. The molecular weight excluding hydrogens is 458 g/mol. The average molecular weight is 488 g/mol. The maximum Gasteiger partial charge on any atom is 0.282 e. The molecule has 1 amide bonds. The Bertz CT molecular complexity index is 1270. The average Bonchev–Trinajstić information content (AvgIpc) is 3.54. The highest BCUT2D eigenvalue weighted by Gasteiger charge is 2.36. The first-order valence-corrected chi connectivity index (χ1v) is 13.1. The minimum Gasteiger partial charge on any atom is -0.463 e. The standard InChI is InChI=1S/C23H29N5O5S/c1-16-21-18(15-19(20-9-6-14-32-20)24-22(21)33-25-16)23(29)27-10-12-28(13-11-27)34(30,31)26(2)17-7-4-3-5-8-17/h6,9,14-15,17H,3-5,7-8,10-13H2,1-2H3. The van der Waals surface area contributed by atoms with E-state index in [2.05, 4.69) is 10.1 Å². The highest BCUT2D eigenvalue weighted by molar-refractivity contribution is 7.86. The van der Waals surface area contributed by atoms with Crippen LogP contribution < -0.4 is 0 Å². The molecule has 10 nitrogen and oxygen atoms in total. The number of aromatic nitrogens is 2. The molecule has 3 aromatic heterocycles. The highest BCUT2D eigenvalue weighted by atomic mass is 32.2. The first kappa shape index (κ1) is 23.0. The molecule has 2 fully saturated rings. The van der Waals surface area contributed by atoms with Gasteiger partial charge in [-0.2, -0.15) is 17.0 Å². The molecule has 0 aromatic carbocycles. The summed E-state index contributed by atoms with van der Waals surface area (Å²) in [6, 6.07) is 5.25. The van der Waals surface area contributed by atoms with Gasteiger partial charge in [-0.25, -0.2) is 4.98 Å². The molecule has 0 spiro atoms. The number of piperazine rings is 1. The van der Waals surface area contributed by atoms with Gasteiger partial charge in [0.2, 0.25) is 0 Å². The summed E-state index contributed by atoms with van der Waals surface area (Å²) in [6.07, 6.45) is 6.65. The third-order valence-electron chi connectivity index (χ3n) is 6.93. The number of rotatable bonds is 5. The van der Waals surface area contributed by atoms with Gasteiger partial charge in [-0.15, -0.1) is 0 Å². The first-order chi connectivity index (χ1) is 16.4. The van der Waals surface area contributed by atoms with Gasteiger partial charge < -0.3 is 13.8 Å². The fraction of sp³-hybridized carbons (Fsp3) is 0.522. The van der Waals surface area contributed by atoms with Crippen LogP contribution in [0, 0.1) is 6.92 Å². The topological polar surface area (TPSA) is 113 Å². The second-order valence-corrected chi connectivity index (χ2v) is 11.0. The Labute approximate surface area is 198 Å². The zero-order valence-electron chi connectivity index (χ0n) is 19.4. The van der Waals surface area contributed by atoms with Crippen molar-refractivity contribution in [3.63, 3.8) is 0 Å². The van der Waals surface area contributed by atoms with E-state index in [9.17, 15) is 13.2 Å². The summed E-state index contributed by atoms with van der Waals surface area (Å²) in [5.74, 6) is 0.316. The van der Waals surface area contributed by atoms with Crippen LogP contribution in [0.5, 0.6) is 0 Å². The second kappa shape index (κ2) is 9.12. The summed E-state index contributed by atoms with van der Waals surface area (Å²) in [7, 11) is -1.88. The fourth-order valence-corrected chi connectivity index (χ4v) is 6.50. The molecule has 0 N–H and O–H groups in total. The van der Waals surface area contributed by atoms with Gasteiger partial charge in [-0.1, -0.05) is 24.4 Å². The van der Waals surface area contributed by atoms with Gasteiger partial charge in [0, 0.05) is 39.3 Å². The molecule has 11 heteroatoms. The number of carbonyl (C=O) groups excluding carboxylic acids is 1. The molecule has 5 rings (SSSR count). The molecule has 1 aliphatic heterocycles. The van der Waals surface area contributed by atoms with Crippen molar-refractivity contribution in [2.45, 2.75) is 45.1 Å². The lowest BCUT2D eigenvalue weighted by molar-refractivity contribution is 0.0694. The molecule has 2 aliphatic rings. The monoisotopic (exact) mass is 487 g/mol. The van der Waals surface area contributed by atoms with E-state index in [4.69, 9.17) is 8.94 Å². The third kappa shape index (κ3) is 4.12. The van der Waals surface area contributed by atoms with Crippen molar-refractivity contribution in [3.8, 4) is 11.5 Å². The van der Waals surface area contributed by atoms with Crippen LogP contribution >= 0.6 is 0 Å². The van der Waals surface area contributed by atoms with Gasteiger partial charge in [0.15, 0.2) is 5.76 Å². The molecule has 0 radical (unpaired) electrons. The number of hydrogen-bond donors (Lipinski definition) is 0. The van der Waals surface area contributed by atoms with Gasteiger partial charge >= 0.3 is 0 Å². The lowest BCUT2D eigenvalue weighted by Crippen LogP contribution is -2.55. The lowest BCUT2D eigenvalue weighted by Gasteiger charge is -2.38. The van der Waals surface area contributed by atoms with Crippen LogP contribution in [-0.4, -0.2) is 77.2 Å². The molecule has 1 aliphatic carbocycles. The number of carbonyl (C=O) groups is 1. The zero-order valence-corrected chi connectivity index (χ0v) is 20.3. The van der Waals surface area contributed by atoms with E-state index in [-0.39, 0.29) is 30.8 Å². The van der Waals surface area contributed by atoms with Crippen molar-refractivity contribution in [2.75, 3.05) is 33.2 Å². The van der Waals surface area contributed by atoms with Crippen LogP contribution in [0.2, 0.25) is 0 Å². The Morgan fingerprint density at radius 2 is 1.88 bits per heavy atom. The van der Waals surface area contributed by atoms with Crippen LogP contribution in [0.25, 0.3) is 22.6 Å². The van der Waals surface area contributed by atoms with Gasteiger partial charge in [-0.3, -0.25) is 4.79 Å². The summed E-state index contributed by atoms with van der Waals surface area (Å²) in [4.78, 5) is 19.7. The van der Waals surface area contributed by atoms with Crippen molar-refractivity contribution in [1.29, 1.82) is 0 Å². The number of pyridine rings is 1. The maximum absolute atomic E-state index is 13.5. The van der Waals surface area contributed by atoms with Crippen LogP contribution in [0.3, 0.4) is 0 Å². The fourth-order valence-electron chi connectivity index (χ4n) is 4.92. The number of aryl methyl sites for hydroxylation is 1. The van der Waals surface area contributed by atoms with E-state index in [1.54, 1.807) is 43.3 Å². The predicted octanol–water partition coefficient (Wildman–Crippen LogP) is 3.06. The SMILES string of the molecule is Cc1noc2nc(-c3ccco3)cc(C(=O)N3CCN(S(=O)(=O)N(C)C4CCCCC4)CC3)c12. The van der Waals surface area contributed by atoms with E-state index in [0.29, 0.717) is 41.2 Å². The number of hydrogen-bond acceptors (Lipinski definition) is 7. The van der Waals surface area contributed by atoms with E-state index in [1.807, 2.05) is 0 Å². The molecule has 0 unspecified atom stereocenters. The molecule has 3 aromatic rings. The van der Waals surface area contributed by atoms with Gasteiger partial charge in [0.25, 0.3) is 21.8 Å². The van der Waals surface area contributed by atoms with Crippen LogP contribution in [0.1, 0.15) is 48.2 Å². The van der Waals surface area contributed by atoms with E-state index in [0.717, 1.165) is 25.7 Å². The van der Waals surface area contributed by atoms with E-state index >= 15 is 0 Å². The molecular formula is C23H29N5O5S. The normalized spacial score (nSPS) is 18.7. The number of furan rings is 1. The Balaban J connectivity index is 1.35. The van der Waals surface area contributed by atoms with Gasteiger partial charge in [0.1, 0.15) is 5.69 Å². The highest BCUT2D eigenvalue weighted by Crippen LogP contribution is 2.29. The Kier molecular flexibility index (Phi) is 6.17. The van der Waals surface area contributed by atoms with Crippen molar-refractivity contribution in [3.05, 3.63) is 35.7 Å². The predicted molar refractivity (Wildman–Crippen MR) is 125 cm³/mol. The summed E-state index contributed by atoms with van der Waals surface area (Å²) >= 11 is 0. The van der Waals surface area contributed by atoms with Crippen molar-refractivity contribution in [1.82, 2.24) is 23.7 Å². The largest absolute Gasteiger partial charge is 0.463 e. The van der Waals surface area contributed by atoms with Crippen molar-refractivity contribution >= 4 is 27.2 Å². The lowest BCUT2D eigenvalue weighted by atomic mass is 9.96. The maximum atomic E-state index is 13.5. The smallest absolute Gasteiger partial charge is 0.282 e. The summed E-state index contributed by atoms with van der Waals surface area (Å²) in [6.45, 7) is 2.89. The molecule has 182 valence electrons. The van der Waals surface area contributed by atoms with Crippen molar-refractivity contribution < 1.29 is 22.2 Å². The van der Waals surface area contributed by atoms with E-state index in [1.165, 1.54) is 15.0 Å². The summed E-state index contributed by atoms with van der Waals surface area (Å²) in [5, 5.41) is 4.54.